The maximum atomic E-state index is 12.2. The number of nitrogens with two attached hydrogens (primary N) is 1. The number of ether oxygens (including phenoxy) is 2. The zero-order valence-corrected chi connectivity index (χ0v) is 26.3. The Balaban J connectivity index is 0.00000221. The summed E-state index contributed by atoms with van der Waals surface area (Å²) >= 11 is 0. The number of aryl methyl sites for hydroxylation is 1. The molecule has 0 bridgehead atoms. The van der Waals surface area contributed by atoms with E-state index in [9.17, 15) is 14.7 Å². The summed E-state index contributed by atoms with van der Waals surface area (Å²) in [4.78, 5) is 23.8. The Bertz CT molecular complexity index is 1290. The third-order valence-electron chi connectivity index (χ3n) is 5.93. The molecule has 5 N–H and O–H groups in total. The van der Waals surface area contributed by atoms with Gasteiger partial charge in [-0.15, -0.1) is 5.10 Å². The van der Waals surface area contributed by atoms with E-state index in [2.05, 4.69) is 43.0 Å². The predicted molar refractivity (Wildman–Crippen MR) is 168 cm³/mol. The molecular formula is C30H45BN7O5+. The van der Waals surface area contributed by atoms with E-state index in [4.69, 9.17) is 15.3 Å². The van der Waals surface area contributed by atoms with Crippen molar-refractivity contribution in [2.45, 2.75) is 46.7 Å². The van der Waals surface area contributed by atoms with E-state index < -0.39 is 0 Å². The fourth-order valence-corrected chi connectivity index (χ4v) is 4.05. The van der Waals surface area contributed by atoms with E-state index in [0.717, 1.165) is 17.8 Å². The van der Waals surface area contributed by atoms with Crippen molar-refractivity contribution in [2.24, 2.45) is 5.84 Å². The Kier molecular flexibility index (Phi) is 16.2. The number of hydrazine groups is 1. The second kappa shape index (κ2) is 19.0. The Morgan fingerprint density at radius 2 is 1.67 bits per heavy atom. The Morgan fingerprint density at radius 3 is 2.23 bits per heavy atom. The van der Waals surface area contributed by atoms with Crippen molar-refractivity contribution in [1.29, 1.82) is 0 Å². The molecule has 0 atom stereocenters. The number of carbonyl (C=O) groups excluding carboxylic acids is 2. The van der Waals surface area contributed by atoms with Crippen LogP contribution < -0.4 is 26.1 Å². The van der Waals surface area contributed by atoms with Gasteiger partial charge >= 0.3 is 0 Å². The summed E-state index contributed by atoms with van der Waals surface area (Å²) in [5.74, 6) is 5.05. The van der Waals surface area contributed by atoms with Gasteiger partial charge in [0.25, 0.3) is 5.91 Å². The fraction of sp³-hybridized carbons (Fsp3) is 0.400. The molecule has 1 heterocycles. The monoisotopic (exact) mass is 594 g/mol. The van der Waals surface area contributed by atoms with Crippen molar-refractivity contribution in [1.82, 2.24) is 25.7 Å². The quantitative estimate of drug-likeness (QED) is 0.0448. The number of carbonyl (C=O) groups is 2. The molecule has 12 nitrogen and oxygen atoms in total. The van der Waals surface area contributed by atoms with Crippen molar-refractivity contribution >= 4 is 25.7 Å². The van der Waals surface area contributed by atoms with E-state index >= 15 is 0 Å². The van der Waals surface area contributed by atoms with Crippen molar-refractivity contribution in [3.05, 3.63) is 71.1 Å². The molecule has 0 aliphatic rings. The van der Waals surface area contributed by atoms with Crippen LogP contribution in [0.1, 0.15) is 47.4 Å². The largest absolute Gasteiger partial charge is 0.502 e. The van der Waals surface area contributed by atoms with Crippen LogP contribution in [0.25, 0.3) is 6.08 Å². The second-order valence-corrected chi connectivity index (χ2v) is 9.65. The molecule has 232 valence electrons. The van der Waals surface area contributed by atoms with Crippen LogP contribution in [0.5, 0.6) is 17.2 Å². The maximum absolute atomic E-state index is 12.2. The van der Waals surface area contributed by atoms with E-state index in [1.807, 2.05) is 32.2 Å². The molecule has 0 unspecified atom stereocenters. The molecule has 43 heavy (non-hydrogen) atoms. The highest BCUT2D eigenvalue weighted by Crippen LogP contribution is 2.37. The topological polar surface area (TPSA) is 154 Å². The Morgan fingerprint density at radius 1 is 1.07 bits per heavy atom. The van der Waals surface area contributed by atoms with Gasteiger partial charge in [-0.1, -0.05) is 38.0 Å². The molecule has 3 rings (SSSR count). The molecule has 0 spiro atoms. The molecule has 2 aromatic carbocycles. The van der Waals surface area contributed by atoms with Crippen LogP contribution in [0.3, 0.4) is 0 Å². The number of benzene rings is 2. The summed E-state index contributed by atoms with van der Waals surface area (Å²) in [5.41, 5.74) is 5.26. The van der Waals surface area contributed by atoms with E-state index in [1.165, 1.54) is 27.1 Å². The molecule has 1 aromatic heterocycles. The van der Waals surface area contributed by atoms with Gasteiger partial charge in [0.2, 0.25) is 11.7 Å². The number of hydrogen-bond acceptors (Lipinski definition) is 8. The SMILES string of the molecule is CC.COc1cc(/C=C/C(=O)NCCCn2cc(C[N+](C)(C)Cc3ccc(C(=O)NN)cc3)nn2)cc(OC)c1O.[B]C. The number of hydrogen-bond donors (Lipinski definition) is 4. The fourth-order valence-electron chi connectivity index (χ4n) is 4.05. The van der Waals surface area contributed by atoms with Gasteiger partial charge in [-0.2, -0.15) is 0 Å². The first-order valence-electron chi connectivity index (χ1n) is 13.9. The lowest BCUT2D eigenvalue weighted by Crippen LogP contribution is -2.38. The number of nitrogens with one attached hydrogen (secondary N) is 2. The molecule has 2 amide bonds. The number of phenolic OH excluding ortho intramolecular Hbond substituents is 1. The van der Waals surface area contributed by atoms with E-state index in [0.29, 0.717) is 41.7 Å². The number of aromatic hydroxyl groups is 1. The zero-order chi connectivity index (χ0) is 32.4. The summed E-state index contributed by atoms with van der Waals surface area (Å²) in [6, 6.07) is 10.6. The van der Waals surface area contributed by atoms with Crippen LogP contribution >= 0.6 is 0 Å². The molecule has 0 aliphatic heterocycles. The highest BCUT2D eigenvalue weighted by atomic mass is 16.5. The van der Waals surface area contributed by atoms with Crippen LogP contribution in [0.4, 0.5) is 0 Å². The maximum Gasteiger partial charge on any atom is 0.265 e. The number of nitrogens with zero attached hydrogens (tertiary/aromatic N) is 4. The molecular weight excluding hydrogens is 549 g/mol. The second-order valence-electron chi connectivity index (χ2n) is 9.65. The van der Waals surface area contributed by atoms with Crippen LogP contribution in [-0.2, 0) is 24.4 Å². The lowest BCUT2D eigenvalue weighted by Gasteiger charge is -2.28. The number of nitrogen functional groups attached to an aromatic ring is 1. The molecule has 0 aliphatic carbocycles. The number of quaternary nitrogens is 1. The van der Waals surface area contributed by atoms with Crippen LogP contribution in [0.2, 0.25) is 6.82 Å². The first-order valence-corrected chi connectivity index (χ1v) is 13.9. The summed E-state index contributed by atoms with van der Waals surface area (Å²) in [6.07, 6.45) is 5.64. The minimum Gasteiger partial charge on any atom is -0.502 e. The lowest BCUT2D eigenvalue weighted by atomic mass is 10.1. The smallest absolute Gasteiger partial charge is 0.265 e. The highest BCUT2D eigenvalue weighted by Gasteiger charge is 2.19. The molecule has 13 heteroatoms. The zero-order valence-electron chi connectivity index (χ0n) is 26.3. The first kappa shape index (κ1) is 36.7. The average Bonchev–Trinajstić information content (AvgIpc) is 3.46. The number of methoxy groups -OCH3 is 2. The van der Waals surface area contributed by atoms with Gasteiger partial charge in [0.15, 0.2) is 11.5 Å². The van der Waals surface area contributed by atoms with Gasteiger partial charge in [-0.05, 0) is 42.3 Å². The van der Waals surface area contributed by atoms with Gasteiger partial charge in [-0.25, -0.2) is 5.84 Å². The standard InChI is InChI=1S/C27H35N7O5.C2H6.CH3B/c1-34(2,17-19-6-9-21(10-7-19)27(37)30-28)18-22-16-33(32-31-22)13-5-12-29-25(35)11-8-20-14-23(38-3)26(36)24(15-20)39-4;2*1-2/h6-11,14-16H,5,12-13,17-18H2,1-4H3,(H4-,28,29,30,31,32,35,36,37);1-2H3;1H3/p+1. The van der Waals surface area contributed by atoms with Gasteiger partial charge in [0, 0.05) is 30.3 Å². The third-order valence-corrected chi connectivity index (χ3v) is 5.93. The number of phenols is 1. The van der Waals surface area contributed by atoms with Crippen molar-refractivity contribution in [3.8, 4) is 17.2 Å². The van der Waals surface area contributed by atoms with E-state index in [1.54, 1.807) is 35.0 Å². The summed E-state index contributed by atoms with van der Waals surface area (Å²) < 4.78 is 12.7. The van der Waals surface area contributed by atoms with Crippen LogP contribution in [0, 0.1) is 0 Å². The Labute approximate surface area is 255 Å². The third kappa shape index (κ3) is 12.2. The minimum atomic E-state index is -0.320. The molecule has 0 saturated heterocycles. The Hall–Kier alpha value is -4.36. The van der Waals surface area contributed by atoms with Crippen molar-refractivity contribution in [2.75, 3.05) is 34.9 Å². The van der Waals surface area contributed by atoms with Crippen LogP contribution in [-0.4, -0.2) is 79.1 Å². The van der Waals surface area contributed by atoms with E-state index in [-0.39, 0.29) is 29.1 Å². The molecule has 2 radical (unpaired) electrons. The minimum absolute atomic E-state index is 0.0922. The summed E-state index contributed by atoms with van der Waals surface area (Å²) in [6.45, 7) is 8.02. The van der Waals surface area contributed by atoms with Crippen LogP contribution in [0.15, 0.2) is 48.7 Å². The summed E-state index contributed by atoms with van der Waals surface area (Å²) in [5, 5.41) is 21.3. The number of rotatable bonds is 13. The first-order chi connectivity index (χ1) is 20.6. The van der Waals surface area contributed by atoms with Crippen molar-refractivity contribution < 1.29 is 28.7 Å². The van der Waals surface area contributed by atoms with Gasteiger partial charge < -0.3 is 24.4 Å². The number of aromatic nitrogens is 3. The summed E-state index contributed by atoms with van der Waals surface area (Å²) in [7, 11) is 11.6. The molecule has 0 fully saturated rings. The molecule has 0 saturated carbocycles. The molecule has 3 aromatic rings. The predicted octanol–water partition coefficient (Wildman–Crippen LogP) is 2.83. The van der Waals surface area contributed by atoms with Gasteiger partial charge in [0.1, 0.15) is 18.8 Å². The van der Waals surface area contributed by atoms with Crippen molar-refractivity contribution in [3.63, 3.8) is 0 Å². The lowest BCUT2D eigenvalue weighted by molar-refractivity contribution is -0.917. The normalized spacial score (nSPS) is 10.6. The highest BCUT2D eigenvalue weighted by molar-refractivity contribution is 6.05. The average molecular weight is 595 g/mol. The van der Waals surface area contributed by atoms with Gasteiger partial charge in [-0.3, -0.25) is 19.7 Å². The number of amides is 2. The van der Waals surface area contributed by atoms with Gasteiger partial charge in [0.05, 0.1) is 42.4 Å².